The van der Waals surface area contributed by atoms with Gasteiger partial charge in [0, 0.05) is 23.9 Å². The molecule has 5 heteroatoms. The van der Waals surface area contributed by atoms with Crippen LogP contribution in [-0.2, 0) is 4.79 Å². The van der Waals surface area contributed by atoms with Crippen LogP contribution in [0.5, 0.6) is 0 Å². The van der Waals surface area contributed by atoms with E-state index in [0.29, 0.717) is 40.2 Å². The SMILES string of the molecule is O=C1CC(C(CC2CC2)NC(=O)c2ccc(Cl)cc2Cl)C1. The molecule has 2 aliphatic carbocycles. The van der Waals surface area contributed by atoms with Gasteiger partial charge in [-0.1, -0.05) is 36.0 Å². The molecule has 0 spiro atoms. The van der Waals surface area contributed by atoms with Crippen LogP contribution in [0.2, 0.25) is 10.0 Å². The van der Waals surface area contributed by atoms with E-state index in [2.05, 4.69) is 5.32 Å². The molecule has 112 valence electrons. The number of nitrogens with one attached hydrogen (secondary N) is 1. The molecule has 1 aromatic rings. The third-order valence-corrected chi connectivity index (χ3v) is 4.87. The van der Waals surface area contributed by atoms with Crippen molar-refractivity contribution in [3.05, 3.63) is 33.8 Å². The predicted molar refractivity (Wildman–Crippen MR) is 82.8 cm³/mol. The van der Waals surface area contributed by atoms with Crippen LogP contribution < -0.4 is 5.32 Å². The van der Waals surface area contributed by atoms with Gasteiger partial charge >= 0.3 is 0 Å². The molecule has 1 amide bonds. The van der Waals surface area contributed by atoms with E-state index in [-0.39, 0.29) is 17.9 Å². The Hall–Kier alpha value is -1.06. The fraction of sp³-hybridized carbons (Fsp3) is 0.500. The maximum absolute atomic E-state index is 12.4. The number of rotatable bonds is 5. The van der Waals surface area contributed by atoms with Crippen molar-refractivity contribution in [2.45, 2.75) is 38.1 Å². The number of carbonyl (C=O) groups excluding carboxylic acids is 2. The largest absolute Gasteiger partial charge is 0.349 e. The third kappa shape index (κ3) is 3.58. The Morgan fingerprint density at radius 1 is 1.29 bits per heavy atom. The molecule has 1 N–H and O–H groups in total. The summed E-state index contributed by atoms with van der Waals surface area (Å²) in [5.74, 6) is 1.10. The predicted octanol–water partition coefficient (Wildman–Crippen LogP) is 3.87. The molecule has 2 saturated carbocycles. The van der Waals surface area contributed by atoms with Gasteiger partial charge in [-0.25, -0.2) is 0 Å². The second-order valence-electron chi connectivity index (χ2n) is 6.09. The van der Waals surface area contributed by atoms with E-state index < -0.39 is 0 Å². The molecule has 21 heavy (non-hydrogen) atoms. The summed E-state index contributed by atoms with van der Waals surface area (Å²) in [5, 5.41) is 3.93. The van der Waals surface area contributed by atoms with E-state index >= 15 is 0 Å². The topological polar surface area (TPSA) is 46.2 Å². The Kier molecular flexibility index (Phi) is 4.23. The van der Waals surface area contributed by atoms with Crippen molar-refractivity contribution in [2.75, 3.05) is 0 Å². The van der Waals surface area contributed by atoms with Crippen LogP contribution in [0.4, 0.5) is 0 Å². The van der Waals surface area contributed by atoms with Crippen molar-refractivity contribution < 1.29 is 9.59 Å². The quantitative estimate of drug-likeness (QED) is 0.893. The summed E-state index contributed by atoms with van der Waals surface area (Å²) in [7, 11) is 0. The highest BCUT2D eigenvalue weighted by Gasteiger charge is 2.37. The van der Waals surface area contributed by atoms with E-state index in [1.165, 1.54) is 12.8 Å². The van der Waals surface area contributed by atoms with Crippen LogP contribution in [0.1, 0.15) is 42.5 Å². The normalized spacial score (nSPS) is 20.0. The maximum Gasteiger partial charge on any atom is 0.253 e. The molecule has 3 rings (SSSR count). The second kappa shape index (κ2) is 5.98. The summed E-state index contributed by atoms with van der Waals surface area (Å²) >= 11 is 11.9. The molecule has 1 unspecified atom stereocenters. The van der Waals surface area contributed by atoms with Gasteiger partial charge in [-0.15, -0.1) is 0 Å². The average molecular weight is 326 g/mol. The van der Waals surface area contributed by atoms with Gasteiger partial charge in [-0.3, -0.25) is 9.59 Å². The van der Waals surface area contributed by atoms with Crippen LogP contribution in [0.3, 0.4) is 0 Å². The van der Waals surface area contributed by atoms with Gasteiger partial charge in [0.25, 0.3) is 5.91 Å². The van der Waals surface area contributed by atoms with Crippen LogP contribution in [0, 0.1) is 11.8 Å². The van der Waals surface area contributed by atoms with Crippen LogP contribution in [-0.4, -0.2) is 17.7 Å². The Morgan fingerprint density at radius 2 is 2.00 bits per heavy atom. The monoisotopic (exact) mass is 325 g/mol. The number of ketones is 1. The summed E-state index contributed by atoms with van der Waals surface area (Å²) in [6, 6.07) is 4.95. The summed E-state index contributed by atoms with van der Waals surface area (Å²) in [6.45, 7) is 0. The Morgan fingerprint density at radius 3 is 2.57 bits per heavy atom. The molecule has 0 radical (unpaired) electrons. The van der Waals surface area contributed by atoms with Crippen molar-refractivity contribution in [1.82, 2.24) is 5.32 Å². The molecular formula is C16H17Cl2NO2. The van der Waals surface area contributed by atoms with Gasteiger partial charge in [0.2, 0.25) is 0 Å². The zero-order valence-corrected chi connectivity index (χ0v) is 13.1. The highest BCUT2D eigenvalue weighted by Crippen LogP contribution is 2.38. The highest BCUT2D eigenvalue weighted by atomic mass is 35.5. The molecule has 3 nitrogen and oxygen atoms in total. The van der Waals surface area contributed by atoms with Crippen molar-refractivity contribution >= 4 is 34.9 Å². The van der Waals surface area contributed by atoms with Gasteiger partial charge in [-0.2, -0.15) is 0 Å². The molecule has 0 saturated heterocycles. The summed E-state index contributed by atoms with van der Waals surface area (Å²) < 4.78 is 0. The lowest BCUT2D eigenvalue weighted by Crippen LogP contribution is -2.46. The molecule has 2 aliphatic rings. The summed E-state index contributed by atoms with van der Waals surface area (Å²) in [6.07, 6.45) is 4.61. The average Bonchev–Trinajstić information content (AvgIpc) is 3.18. The molecule has 0 heterocycles. The van der Waals surface area contributed by atoms with Crippen molar-refractivity contribution in [1.29, 1.82) is 0 Å². The number of hydrogen-bond donors (Lipinski definition) is 1. The first kappa shape index (κ1) is 14.9. The van der Waals surface area contributed by atoms with Crippen LogP contribution >= 0.6 is 23.2 Å². The minimum atomic E-state index is -0.179. The number of halogens is 2. The minimum absolute atomic E-state index is 0.0782. The standard InChI is InChI=1S/C16H17Cl2NO2/c17-11-3-4-13(14(18)8-11)16(21)19-15(5-9-1-2-9)10-6-12(20)7-10/h3-4,8-10,15H,1-2,5-7H2,(H,19,21). The number of amides is 1. The van der Waals surface area contributed by atoms with Crippen LogP contribution in [0.15, 0.2) is 18.2 Å². The first-order valence-corrected chi connectivity index (χ1v) is 8.06. The van der Waals surface area contributed by atoms with Gasteiger partial charge in [0.05, 0.1) is 10.6 Å². The maximum atomic E-state index is 12.4. The summed E-state index contributed by atoms with van der Waals surface area (Å²) in [4.78, 5) is 23.6. The molecule has 0 bridgehead atoms. The van der Waals surface area contributed by atoms with Gasteiger partial charge in [0.1, 0.15) is 5.78 Å². The lowest BCUT2D eigenvalue weighted by atomic mass is 9.76. The Labute approximate surface area is 134 Å². The molecule has 2 fully saturated rings. The molecule has 0 aromatic heterocycles. The number of carbonyl (C=O) groups is 2. The van der Waals surface area contributed by atoms with Gasteiger partial charge in [0.15, 0.2) is 0 Å². The number of benzene rings is 1. The smallest absolute Gasteiger partial charge is 0.253 e. The fourth-order valence-corrected chi connectivity index (χ4v) is 3.31. The molecular weight excluding hydrogens is 309 g/mol. The van der Waals surface area contributed by atoms with E-state index in [4.69, 9.17) is 23.2 Å². The van der Waals surface area contributed by atoms with Crippen LogP contribution in [0.25, 0.3) is 0 Å². The lowest BCUT2D eigenvalue weighted by Gasteiger charge is -2.33. The zero-order valence-electron chi connectivity index (χ0n) is 11.6. The molecule has 1 aromatic carbocycles. The van der Waals surface area contributed by atoms with Crippen molar-refractivity contribution in [3.63, 3.8) is 0 Å². The van der Waals surface area contributed by atoms with E-state index in [9.17, 15) is 9.59 Å². The highest BCUT2D eigenvalue weighted by molar-refractivity contribution is 6.36. The Bertz CT molecular complexity index is 576. The number of hydrogen-bond acceptors (Lipinski definition) is 2. The fourth-order valence-electron chi connectivity index (χ4n) is 2.81. The first-order chi connectivity index (χ1) is 10.0. The van der Waals surface area contributed by atoms with Gasteiger partial charge in [-0.05, 0) is 36.5 Å². The van der Waals surface area contributed by atoms with Crippen molar-refractivity contribution in [3.8, 4) is 0 Å². The molecule has 1 atom stereocenters. The minimum Gasteiger partial charge on any atom is -0.349 e. The number of Topliss-reactive ketones (excluding diaryl/α,β-unsaturated/α-hetero) is 1. The third-order valence-electron chi connectivity index (χ3n) is 4.33. The molecule has 0 aliphatic heterocycles. The first-order valence-electron chi connectivity index (χ1n) is 7.30. The van der Waals surface area contributed by atoms with E-state index in [1.807, 2.05) is 0 Å². The van der Waals surface area contributed by atoms with Gasteiger partial charge < -0.3 is 5.32 Å². The zero-order chi connectivity index (χ0) is 15.0. The lowest BCUT2D eigenvalue weighted by molar-refractivity contribution is -0.127. The second-order valence-corrected chi connectivity index (χ2v) is 6.93. The summed E-state index contributed by atoms with van der Waals surface area (Å²) in [5.41, 5.74) is 0.438. The van der Waals surface area contributed by atoms with E-state index in [0.717, 1.165) is 6.42 Å². The van der Waals surface area contributed by atoms with E-state index in [1.54, 1.807) is 18.2 Å². The van der Waals surface area contributed by atoms with Crippen molar-refractivity contribution in [2.24, 2.45) is 11.8 Å². The Balaban J connectivity index is 1.68.